The molecule has 1 aliphatic rings. The zero-order chi connectivity index (χ0) is 22.8. The molecule has 0 N–H and O–H groups in total. The summed E-state index contributed by atoms with van der Waals surface area (Å²) in [6.07, 6.45) is 4.97. The van der Waals surface area contributed by atoms with Gasteiger partial charge in [0.05, 0.1) is 6.10 Å². The van der Waals surface area contributed by atoms with E-state index in [0.29, 0.717) is 6.42 Å². The highest BCUT2D eigenvalue weighted by Gasteiger charge is 2.46. The lowest BCUT2D eigenvalue weighted by Gasteiger charge is -2.45. The lowest BCUT2D eigenvalue weighted by molar-refractivity contribution is -0.203. The van der Waals surface area contributed by atoms with E-state index in [9.17, 15) is 4.79 Å². The Bertz CT molecular complexity index is 522. The molecular formula is C22H42O7Si. The third kappa shape index (κ3) is 8.40. The molecule has 8 heteroatoms. The number of carbonyl (C=O) groups excluding carboxylic acids is 1. The van der Waals surface area contributed by atoms with Crippen LogP contribution in [0.4, 0.5) is 0 Å². The van der Waals surface area contributed by atoms with Gasteiger partial charge in [0.15, 0.2) is 8.32 Å². The monoisotopic (exact) mass is 446 g/mol. The van der Waals surface area contributed by atoms with Crippen molar-refractivity contribution in [3.8, 4) is 0 Å². The van der Waals surface area contributed by atoms with E-state index in [4.69, 9.17) is 28.1 Å². The molecule has 0 aliphatic carbocycles. The number of carbonyl (C=O) groups is 1. The number of hydrogen-bond donors (Lipinski definition) is 0. The van der Waals surface area contributed by atoms with Crippen molar-refractivity contribution in [2.24, 2.45) is 0 Å². The van der Waals surface area contributed by atoms with Crippen LogP contribution in [0.1, 0.15) is 53.4 Å². The van der Waals surface area contributed by atoms with Gasteiger partial charge in [-0.1, -0.05) is 46.6 Å². The Kier molecular flexibility index (Phi) is 11.8. The van der Waals surface area contributed by atoms with Gasteiger partial charge in [-0.2, -0.15) is 0 Å². The fourth-order valence-corrected chi connectivity index (χ4v) is 4.39. The molecule has 30 heavy (non-hydrogen) atoms. The zero-order valence-corrected chi connectivity index (χ0v) is 21.1. The minimum absolute atomic E-state index is 0.0160. The van der Waals surface area contributed by atoms with Gasteiger partial charge < -0.3 is 28.1 Å². The van der Waals surface area contributed by atoms with E-state index >= 15 is 0 Å². The summed E-state index contributed by atoms with van der Waals surface area (Å²) in [6.45, 7) is 13.3. The predicted octanol–water partition coefficient (Wildman–Crippen LogP) is 4.42. The first-order valence-electron chi connectivity index (χ1n) is 10.8. The molecule has 176 valence electrons. The Labute approximate surface area is 183 Å². The molecule has 0 bridgehead atoms. The minimum atomic E-state index is -2.21. The van der Waals surface area contributed by atoms with Gasteiger partial charge in [0.2, 0.25) is 0 Å². The van der Waals surface area contributed by atoms with Crippen LogP contribution in [0.5, 0.6) is 0 Å². The Hall–Kier alpha value is -0.773. The van der Waals surface area contributed by atoms with Crippen LogP contribution < -0.4 is 0 Å². The van der Waals surface area contributed by atoms with E-state index in [0.717, 1.165) is 19.3 Å². The highest BCUT2D eigenvalue weighted by molar-refractivity contribution is 6.74. The molecule has 1 heterocycles. The number of rotatable bonds is 14. The van der Waals surface area contributed by atoms with Crippen LogP contribution in [-0.2, 0) is 32.9 Å². The fraction of sp³-hybridized carbons (Fsp3) is 0.864. The van der Waals surface area contributed by atoms with Gasteiger partial charge >= 0.3 is 5.97 Å². The van der Waals surface area contributed by atoms with Crippen LogP contribution in [0.3, 0.4) is 0 Å². The summed E-state index contributed by atoms with van der Waals surface area (Å²) in [5, 5.41) is -0.0160. The van der Waals surface area contributed by atoms with Crippen LogP contribution in [-0.4, -0.2) is 66.5 Å². The molecule has 0 spiro atoms. The smallest absolute Gasteiger partial charge is 0.330 e. The van der Waals surface area contributed by atoms with Gasteiger partial charge in [0.25, 0.3) is 0 Å². The van der Waals surface area contributed by atoms with Gasteiger partial charge in [0, 0.05) is 26.7 Å². The van der Waals surface area contributed by atoms with Gasteiger partial charge in [0.1, 0.15) is 31.9 Å². The van der Waals surface area contributed by atoms with E-state index in [1.165, 1.54) is 6.08 Å². The second-order valence-corrected chi connectivity index (χ2v) is 14.0. The minimum Gasteiger partial charge on any atom is -0.456 e. The van der Waals surface area contributed by atoms with Crippen molar-refractivity contribution >= 4 is 14.3 Å². The van der Waals surface area contributed by atoms with Gasteiger partial charge in [-0.25, -0.2) is 4.79 Å². The summed E-state index contributed by atoms with van der Waals surface area (Å²) in [7, 11) is 0.974. The first-order chi connectivity index (χ1) is 14.1. The second-order valence-electron chi connectivity index (χ2n) is 9.25. The number of unbranched alkanes of at least 4 members (excludes halogenated alkanes) is 1. The molecule has 7 nitrogen and oxygen atoms in total. The molecule has 0 aromatic carbocycles. The van der Waals surface area contributed by atoms with E-state index < -0.39 is 26.6 Å². The number of cyclic esters (lactones) is 1. The molecule has 0 saturated heterocycles. The molecule has 1 aliphatic heterocycles. The lowest BCUT2D eigenvalue weighted by Crippen LogP contribution is -2.56. The van der Waals surface area contributed by atoms with Crippen LogP contribution in [0.15, 0.2) is 12.2 Å². The summed E-state index contributed by atoms with van der Waals surface area (Å²) in [5.74, 6) is -0.358. The third-order valence-corrected chi connectivity index (χ3v) is 10.3. The largest absolute Gasteiger partial charge is 0.456 e. The Morgan fingerprint density at radius 3 is 2.33 bits per heavy atom. The molecule has 0 aromatic rings. The van der Waals surface area contributed by atoms with Crippen LogP contribution in [0.2, 0.25) is 18.1 Å². The predicted molar refractivity (Wildman–Crippen MR) is 119 cm³/mol. The first kappa shape index (κ1) is 27.3. The molecule has 1 rings (SSSR count). The van der Waals surface area contributed by atoms with Crippen LogP contribution in [0, 0.1) is 0 Å². The second kappa shape index (κ2) is 12.9. The zero-order valence-electron chi connectivity index (χ0n) is 20.1. The summed E-state index contributed by atoms with van der Waals surface area (Å²) in [5.41, 5.74) is 0. The number of ether oxygens (including phenoxy) is 5. The maximum atomic E-state index is 12.0. The molecule has 0 amide bonds. The van der Waals surface area contributed by atoms with Crippen molar-refractivity contribution in [1.82, 2.24) is 0 Å². The van der Waals surface area contributed by atoms with E-state index in [1.54, 1.807) is 14.2 Å². The number of methoxy groups -OCH3 is 2. The number of esters is 1. The quantitative estimate of drug-likeness (QED) is 0.222. The lowest BCUT2D eigenvalue weighted by atomic mass is 9.96. The van der Waals surface area contributed by atoms with Crippen molar-refractivity contribution in [3.63, 3.8) is 0 Å². The first-order valence-corrected chi connectivity index (χ1v) is 13.7. The van der Waals surface area contributed by atoms with E-state index in [1.807, 2.05) is 6.08 Å². The van der Waals surface area contributed by atoms with Crippen molar-refractivity contribution in [1.29, 1.82) is 0 Å². The highest BCUT2D eigenvalue weighted by Crippen LogP contribution is 2.39. The standard InChI is InChI=1S/C22H42O7Si/c1-9-10-12-17(26-15-24-5)20(27-16-25-6)21(18-13-11-14-19(23)28-18)29-30(7,8)22(2,3)4/h11,14,17-18,20-21H,9-10,12-13,15-16H2,1-8H3/t17-,18+,20+,21+/m0/s1. The summed E-state index contributed by atoms with van der Waals surface area (Å²) >= 11 is 0. The average Bonchev–Trinajstić information content (AvgIpc) is 2.67. The third-order valence-electron chi connectivity index (χ3n) is 5.80. The molecule has 4 atom stereocenters. The van der Waals surface area contributed by atoms with Crippen LogP contribution >= 0.6 is 0 Å². The Morgan fingerprint density at radius 1 is 1.17 bits per heavy atom. The summed E-state index contributed by atoms with van der Waals surface area (Å²) < 4.78 is 35.0. The van der Waals surface area contributed by atoms with Crippen LogP contribution in [0.25, 0.3) is 0 Å². The van der Waals surface area contributed by atoms with Crippen molar-refractivity contribution in [2.45, 2.75) is 95.9 Å². The fourth-order valence-electron chi connectivity index (χ4n) is 3.07. The van der Waals surface area contributed by atoms with Gasteiger partial charge in [-0.3, -0.25) is 0 Å². The average molecular weight is 447 g/mol. The van der Waals surface area contributed by atoms with Crippen molar-refractivity contribution < 1.29 is 32.9 Å². The van der Waals surface area contributed by atoms with Crippen molar-refractivity contribution in [2.75, 3.05) is 27.8 Å². The molecule has 0 fully saturated rings. The Morgan fingerprint density at radius 2 is 1.80 bits per heavy atom. The van der Waals surface area contributed by atoms with Gasteiger partial charge in [-0.15, -0.1) is 0 Å². The molecule has 0 saturated carbocycles. The molecule has 0 radical (unpaired) electrons. The summed E-state index contributed by atoms with van der Waals surface area (Å²) in [4.78, 5) is 12.0. The summed E-state index contributed by atoms with van der Waals surface area (Å²) in [6, 6.07) is 0. The number of hydrogen-bond acceptors (Lipinski definition) is 7. The molecule has 0 aromatic heterocycles. The molecule has 0 unspecified atom stereocenters. The molecular weight excluding hydrogens is 404 g/mol. The normalized spacial score (nSPS) is 20.7. The van der Waals surface area contributed by atoms with Gasteiger partial charge in [-0.05, 0) is 24.6 Å². The Balaban J connectivity index is 3.30. The van der Waals surface area contributed by atoms with E-state index in [-0.39, 0.29) is 30.7 Å². The van der Waals surface area contributed by atoms with Crippen molar-refractivity contribution in [3.05, 3.63) is 12.2 Å². The maximum Gasteiger partial charge on any atom is 0.330 e. The topological polar surface area (TPSA) is 72.5 Å². The van der Waals surface area contributed by atoms with E-state index in [2.05, 4.69) is 40.8 Å². The highest BCUT2D eigenvalue weighted by atomic mass is 28.4. The maximum absolute atomic E-state index is 12.0. The SMILES string of the molecule is CCCC[C@H](OCOC)[C@@H](OCOC)[C@H](O[Si](C)(C)C(C)(C)C)[C@H]1CC=CC(=O)O1.